The maximum Gasteiger partial charge on any atom is 0.260 e. The lowest BCUT2D eigenvalue weighted by atomic mass is 10.0. The van der Waals surface area contributed by atoms with Gasteiger partial charge in [-0.2, -0.15) is 0 Å². The molecule has 0 saturated heterocycles. The molecule has 1 N–H and O–H groups in total. The van der Waals surface area contributed by atoms with E-state index in [-0.39, 0.29) is 22.0 Å². The van der Waals surface area contributed by atoms with Crippen LogP contribution in [0.4, 0.5) is 8.78 Å². The highest BCUT2D eigenvalue weighted by atomic mass is 35.5. The Bertz CT molecular complexity index is 1280. The van der Waals surface area contributed by atoms with Gasteiger partial charge in [-0.25, -0.2) is 13.8 Å². The Balaban J connectivity index is 1.86. The quantitative estimate of drug-likeness (QED) is 0.448. The van der Waals surface area contributed by atoms with Gasteiger partial charge in [0.2, 0.25) is 0 Å². The van der Waals surface area contributed by atoms with Crippen LogP contribution in [-0.4, -0.2) is 9.97 Å². The molecular weight excluding hydrogens is 402 g/mol. The van der Waals surface area contributed by atoms with Gasteiger partial charge in [-0.05, 0) is 24.6 Å². The summed E-state index contributed by atoms with van der Waals surface area (Å²) in [5, 5.41) is 0.495. The Hall–Kier alpha value is -2.83. The molecule has 0 fully saturated rings. The maximum atomic E-state index is 13.9. The standard InChI is InChI=1S/C21H13ClF2N2OS/c1-11-16(12-6-3-2-4-7-12)17-20(27)25-19(26-21(17)28-11)14(22)10-13-8-5-9-15(23)18(13)24/h2-10H,1H3,(H,25,26,27)/b14-10-. The second-order valence-corrected chi connectivity index (χ2v) is 7.74. The number of nitrogens with zero attached hydrogens (tertiary/aromatic N) is 1. The zero-order valence-electron chi connectivity index (χ0n) is 14.6. The molecule has 2 aromatic carbocycles. The second-order valence-electron chi connectivity index (χ2n) is 6.13. The van der Waals surface area contributed by atoms with Gasteiger partial charge in [-0.15, -0.1) is 11.3 Å². The molecule has 0 unspecified atom stereocenters. The van der Waals surface area contributed by atoms with E-state index >= 15 is 0 Å². The molecule has 2 heterocycles. The molecule has 0 aliphatic heterocycles. The SMILES string of the molecule is Cc1sc2nc(/C(Cl)=C/c3cccc(F)c3F)[nH]c(=O)c2c1-c1ccccc1. The summed E-state index contributed by atoms with van der Waals surface area (Å²) in [5.74, 6) is -1.89. The summed E-state index contributed by atoms with van der Waals surface area (Å²) in [4.78, 5) is 21.3. The van der Waals surface area contributed by atoms with Crippen molar-refractivity contribution in [1.29, 1.82) is 0 Å². The molecular formula is C21H13ClF2N2OS. The van der Waals surface area contributed by atoms with E-state index in [4.69, 9.17) is 11.6 Å². The first kappa shape index (κ1) is 18.5. The average molecular weight is 415 g/mol. The number of halogens is 3. The minimum atomic E-state index is -1.01. The molecule has 7 heteroatoms. The first-order chi connectivity index (χ1) is 13.5. The van der Waals surface area contributed by atoms with Crippen molar-refractivity contribution < 1.29 is 8.78 Å². The predicted octanol–water partition coefficient (Wildman–Crippen LogP) is 5.98. The highest BCUT2D eigenvalue weighted by Crippen LogP contribution is 2.36. The topological polar surface area (TPSA) is 45.8 Å². The fraction of sp³-hybridized carbons (Fsp3) is 0.0476. The van der Waals surface area contributed by atoms with Gasteiger partial charge in [-0.1, -0.05) is 54.1 Å². The summed E-state index contributed by atoms with van der Waals surface area (Å²) < 4.78 is 27.3. The molecule has 0 bridgehead atoms. The van der Waals surface area contributed by atoms with Crippen LogP contribution in [0.25, 0.3) is 32.5 Å². The Kier molecular flexibility index (Phi) is 4.83. The molecule has 28 heavy (non-hydrogen) atoms. The van der Waals surface area contributed by atoms with Crippen molar-refractivity contribution in [2.24, 2.45) is 0 Å². The van der Waals surface area contributed by atoms with Gasteiger partial charge in [0.25, 0.3) is 5.56 Å². The molecule has 0 atom stereocenters. The van der Waals surface area contributed by atoms with Crippen molar-refractivity contribution in [1.82, 2.24) is 9.97 Å². The van der Waals surface area contributed by atoms with Crippen LogP contribution >= 0.6 is 22.9 Å². The van der Waals surface area contributed by atoms with Crippen LogP contribution in [0.2, 0.25) is 0 Å². The van der Waals surface area contributed by atoms with E-state index in [1.807, 2.05) is 37.3 Å². The Morgan fingerprint density at radius 2 is 1.89 bits per heavy atom. The Morgan fingerprint density at radius 1 is 1.14 bits per heavy atom. The van der Waals surface area contributed by atoms with E-state index in [0.29, 0.717) is 10.2 Å². The molecule has 0 radical (unpaired) electrons. The second kappa shape index (κ2) is 7.30. The normalized spacial score (nSPS) is 11.9. The molecule has 2 aromatic heterocycles. The molecule has 4 aromatic rings. The highest BCUT2D eigenvalue weighted by molar-refractivity contribution is 7.19. The molecule has 0 aliphatic rings. The largest absolute Gasteiger partial charge is 0.305 e. The fourth-order valence-corrected chi connectivity index (χ4v) is 4.27. The zero-order valence-corrected chi connectivity index (χ0v) is 16.2. The van der Waals surface area contributed by atoms with Crippen molar-refractivity contribution in [2.75, 3.05) is 0 Å². The van der Waals surface area contributed by atoms with E-state index in [9.17, 15) is 13.6 Å². The highest BCUT2D eigenvalue weighted by Gasteiger charge is 2.17. The third-order valence-corrected chi connectivity index (χ3v) is 5.58. The smallest absolute Gasteiger partial charge is 0.260 e. The van der Waals surface area contributed by atoms with Gasteiger partial charge in [-0.3, -0.25) is 4.79 Å². The summed E-state index contributed by atoms with van der Waals surface area (Å²) in [6, 6.07) is 13.4. The van der Waals surface area contributed by atoms with E-state index in [0.717, 1.165) is 22.1 Å². The number of aryl methyl sites for hydroxylation is 1. The fourth-order valence-electron chi connectivity index (χ4n) is 3.02. The van der Waals surface area contributed by atoms with Crippen molar-refractivity contribution in [3.8, 4) is 11.1 Å². The third-order valence-electron chi connectivity index (χ3n) is 4.29. The van der Waals surface area contributed by atoms with Crippen LogP contribution in [0.5, 0.6) is 0 Å². The number of thiophene rings is 1. The molecule has 0 amide bonds. The summed E-state index contributed by atoms with van der Waals surface area (Å²) in [7, 11) is 0. The first-order valence-corrected chi connectivity index (χ1v) is 9.55. The molecule has 0 saturated carbocycles. The van der Waals surface area contributed by atoms with E-state index < -0.39 is 11.6 Å². The summed E-state index contributed by atoms with van der Waals surface area (Å²) in [5.41, 5.74) is 1.39. The number of hydrogen-bond donors (Lipinski definition) is 1. The number of rotatable bonds is 3. The number of aromatic nitrogens is 2. The van der Waals surface area contributed by atoms with Gasteiger partial charge >= 0.3 is 0 Å². The van der Waals surface area contributed by atoms with Crippen molar-refractivity contribution in [3.63, 3.8) is 0 Å². The van der Waals surface area contributed by atoms with Gasteiger partial charge in [0, 0.05) is 16.0 Å². The maximum absolute atomic E-state index is 13.9. The number of H-pyrrole nitrogens is 1. The lowest BCUT2D eigenvalue weighted by Crippen LogP contribution is -2.10. The van der Waals surface area contributed by atoms with Crippen LogP contribution in [-0.2, 0) is 0 Å². The summed E-state index contributed by atoms with van der Waals surface area (Å²) in [6.45, 7) is 1.92. The number of nitrogens with one attached hydrogen (secondary N) is 1. The van der Waals surface area contributed by atoms with Crippen molar-refractivity contribution in [3.05, 3.63) is 86.8 Å². The third kappa shape index (κ3) is 3.25. The number of fused-ring (bicyclic) bond motifs is 1. The summed E-state index contributed by atoms with van der Waals surface area (Å²) in [6.07, 6.45) is 1.24. The average Bonchev–Trinajstić information content (AvgIpc) is 3.02. The lowest BCUT2D eigenvalue weighted by Gasteiger charge is -2.03. The Labute approximate surface area is 168 Å². The van der Waals surface area contributed by atoms with Gasteiger partial charge < -0.3 is 4.98 Å². The monoisotopic (exact) mass is 414 g/mol. The van der Waals surface area contributed by atoms with Crippen molar-refractivity contribution >= 4 is 44.3 Å². The van der Waals surface area contributed by atoms with Crippen LogP contribution in [0.3, 0.4) is 0 Å². The molecule has 0 aliphatic carbocycles. The van der Waals surface area contributed by atoms with Gasteiger partial charge in [0.1, 0.15) is 4.83 Å². The molecule has 4 rings (SSSR count). The Morgan fingerprint density at radius 3 is 2.64 bits per heavy atom. The van der Waals surface area contributed by atoms with Crippen LogP contribution in [0.1, 0.15) is 16.3 Å². The first-order valence-electron chi connectivity index (χ1n) is 8.36. The summed E-state index contributed by atoms with van der Waals surface area (Å²) >= 11 is 7.63. The van der Waals surface area contributed by atoms with Crippen LogP contribution < -0.4 is 5.56 Å². The number of aromatic amines is 1. The molecule has 3 nitrogen and oxygen atoms in total. The molecule has 140 valence electrons. The van der Waals surface area contributed by atoms with E-state index in [1.54, 1.807) is 0 Å². The van der Waals surface area contributed by atoms with Crippen molar-refractivity contribution in [2.45, 2.75) is 6.92 Å². The van der Waals surface area contributed by atoms with Crippen LogP contribution in [0, 0.1) is 18.6 Å². The number of hydrogen-bond acceptors (Lipinski definition) is 3. The van der Waals surface area contributed by atoms with Gasteiger partial charge in [0.15, 0.2) is 17.5 Å². The van der Waals surface area contributed by atoms with Gasteiger partial charge in [0.05, 0.1) is 10.4 Å². The molecule has 0 spiro atoms. The lowest BCUT2D eigenvalue weighted by molar-refractivity contribution is 0.507. The van der Waals surface area contributed by atoms with Crippen LogP contribution in [0.15, 0.2) is 53.3 Å². The predicted molar refractivity (Wildman–Crippen MR) is 110 cm³/mol. The van der Waals surface area contributed by atoms with E-state index in [2.05, 4.69) is 9.97 Å². The minimum absolute atomic E-state index is 0.0100. The zero-order chi connectivity index (χ0) is 19.8. The minimum Gasteiger partial charge on any atom is -0.305 e. The van der Waals surface area contributed by atoms with E-state index in [1.165, 1.54) is 29.5 Å². The number of benzene rings is 2.